The van der Waals surface area contributed by atoms with Gasteiger partial charge in [0.2, 0.25) is 0 Å². The second-order valence-electron chi connectivity index (χ2n) is 5.61. The van der Waals surface area contributed by atoms with Gasteiger partial charge in [-0.1, -0.05) is 18.2 Å². The van der Waals surface area contributed by atoms with Gasteiger partial charge in [0.05, 0.1) is 13.2 Å². The number of hydrogen-bond acceptors (Lipinski definition) is 5. The summed E-state index contributed by atoms with van der Waals surface area (Å²) in [5, 5.41) is 10.2. The van der Waals surface area contributed by atoms with Crippen LogP contribution in [0.15, 0.2) is 48.8 Å². The van der Waals surface area contributed by atoms with Gasteiger partial charge in [-0.3, -0.25) is 9.88 Å². The Labute approximate surface area is 136 Å². The zero-order valence-corrected chi connectivity index (χ0v) is 13.1. The third-order valence-corrected chi connectivity index (χ3v) is 3.88. The molecule has 1 aliphatic heterocycles. The number of aliphatic hydroxyl groups is 1. The maximum Gasteiger partial charge on any atom is 0.127 e. The van der Waals surface area contributed by atoms with Crippen LogP contribution in [0.3, 0.4) is 0 Å². The molecule has 1 aliphatic rings. The highest BCUT2D eigenvalue weighted by molar-refractivity contribution is 5.69. The molecule has 1 saturated heterocycles. The fraction of sp³-hybridized carbons (Fsp3) is 0.389. The minimum Gasteiger partial charge on any atom is -0.490 e. The summed E-state index contributed by atoms with van der Waals surface area (Å²) < 4.78 is 11.2. The number of morpholine rings is 1. The number of benzene rings is 1. The molecule has 5 nitrogen and oxygen atoms in total. The van der Waals surface area contributed by atoms with E-state index in [0.29, 0.717) is 6.54 Å². The van der Waals surface area contributed by atoms with E-state index in [1.54, 1.807) is 12.4 Å². The van der Waals surface area contributed by atoms with Crippen LogP contribution in [0.5, 0.6) is 5.75 Å². The molecule has 2 aromatic rings. The Morgan fingerprint density at radius 1 is 1.13 bits per heavy atom. The van der Waals surface area contributed by atoms with E-state index < -0.39 is 6.10 Å². The molecule has 0 amide bonds. The Balaban J connectivity index is 1.60. The quantitative estimate of drug-likeness (QED) is 0.881. The van der Waals surface area contributed by atoms with Crippen molar-refractivity contribution in [3.8, 4) is 16.9 Å². The first-order valence-electron chi connectivity index (χ1n) is 7.93. The van der Waals surface area contributed by atoms with Gasteiger partial charge < -0.3 is 14.6 Å². The lowest BCUT2D eigenvalue weighted by Gasteiger charge is -2.28. The molecule has 1 fully saturated rings. The smallest absolute Gasteiger partial charge is 0.127 e. The van der Waals surface area contributed by atoms with Gasteiger partial charge in [-0.2, -0.15) is 0 Å². The van der Waals surface area contributed by atoms with E-state index in [0.717, 1.165) is 43.2 Å². The predicted octanol–water partition coefficient (Wildman–Crippen LogP) is 1.82. The number of rotatable bonds is 6. The van der Waals surface area contributed by atoms with Crippen molar-refractivity contribution in [2.24, 2.45) is 0 Å². The number of hydrogen-bond donors (Lipinski definition) is 1. The summed E-state index contributed by atoms with van der Waals surface area (Å²) in [4.78, 5) is 6.24. The first-order valence-corrected chi connectivity index (χ1v) is 7.93. The van der Waals surface area contributed by atoms with Crippen LogP contribution in [0.2, 0.25) is 0 Å². The molecule has 2 heterocycles. The summed E-state index contributed by atoms with van der Waals surface area (Å²) in [5.41, 5.74) is 2.06. The van der Waals surface area contributed by atoms with Gasteiger partial charge in [-0.05, 0) is 23.8 Å². The minimum atomic E-state index is -0.515. The Hall–Kier alpha value is -1.95. The zero-order valence-electron chi connectivity index (χ0n) is 13.1. The number of pyridine rings is 1. The van der Waals surface area contributed by atoms with E-state index in [9.17, 15) is 5.11 Å². The Morgan fingerprint density at radius 3 is 2.65 bits per heavy atom. The molecule has 0 aliphatic carbocycles. The highest BCUT2D eigenvalue weighted by Crippen LogP contribution is 2.29. The molecule has 122 valence electrons. The van der Waals surface area contributed by atoms with Crippen LogP contribution >= 0.6 is 0 Å². The van der Waals surface area contributed by atoms with E-state index in [1.807, 2.05) is 36.4 Å². The van der Waals surface area contributed by atoms with Crippen molar-refractivity contribution in [3.63, 3.8) is 0 Å². The topological polar surface area (TPSA) is 54.8 Å². The van der Waals surface area contributed by atoms with Crippen molar-refractivity contribution < 1.29 is 14.6 Å². The van der Waals surface area contributed by atoms with Crippen LogP contribution in [-0.2, 0) is 4.74 Å². The van der Waals surface area contributed by atoms with Crippen molar-refractivity contribution in [2.75, 3.05) is 39.5 Å². The van der Waals surface area contributed by atoms with Gasteiger partial charge in [0.1, 0.15) is 18.5 Å². The van der Waals surface area contributed by atoms with Crippen molar-refractivity contribution in [1.82, 2.24) is 9.88 Å². The maximum absolute atomic E-state index is 10.2. The summed E-state index contributed by atoms with van der Waals surface area (Å²) in [6.45, 7) is 4.09. The standard InChI is InChI=1S/C18H22N2O3/c21-16(13-20-9-11-22-12-10-20)14-23-18-4-2-1-3-17(18)15-5-7-19-8-6-15/h1-8,16,21H,9-14H2. The lowest BCUT2D eigenvalue weighted by Crippen LogP contribution is -2.42. The van der Waals surface area contributed by atoms with E-state index in [2.05, 4.69) is 9.88 Å². The predicted molar refractivity (Wildman–Crippen MR) is 88.4 cm³/mol. The molecule has 23 heavy (non-hydrogen) atoms. The monoisotopic (exact) mass is 314 g/mol. The molecule has 0 saturated carbocycles. The second-order valence-corrected chi connectivity index (χ2v) is 5.61. The largest absolute Gasteiger partial charge is 0.490 e. The molecule has 1 unspecified atom stereocenters. The Kier molecular flexibility index (Phi) is 5.58. The number of nitrogens with zero attached hydrogens (tertiary/aromatic N) is 2. The molecular formula is C18H22N2O3. The number of ether oxygens (including phenoxy) is 2. The molecule has 5 heteroatoms. The number of para-hydroxylation sites is 1. The van der Waals surface area contributed by atoms with E-state index in [4.69, 9.17) is 9.47 Å². The van der Waals surface area contributed by atoms with Gasteiger partial charge in [-0.25, -0.2) is 0 Å². The average Bonchev–Trinajstić information content (AvgIpc) is 2.62. The summed E-state index contributed by atoms with van der Waals surface area (Å²) in [7, 11) is 0. The van der Waals surface area contributed by atoms with Crippen molar-refractivity contribution >= 4 is 0 Å². The van der Waals surface area contributed by atoms with E-state index >= 15 is 0 Å². The first-order chi connectivity index (χ1) is 11.3. The first kappa shape index (κ1) is 15.9. The number of aliphatic hydroxyl groups excluding tert-OH is 1. The third kappa shape index (κ3) is 4.51. The van der Waals surface area contributed by atoms with Crippen LogP contribution in [0.1, 0.15) is 0 Å². The second kappa shape index (κ2) is 8.06. The highest BCUT2D eigenvalue weighted by atomic mass is 16.5. The van der Waals surface area contributed by atoms with Crippen LogP contribution < -0.4 is 4.74 Å². The van der Waals surface area contributed by atoms with Gasteiger partial charge in [0, 0.05) is 37.6 Å². The summed E-state index contributed by atoms with van der Waals surface area (Å²) >= 11 is 0. The van der Waals surface area contributed by atoms with Crippen LogP contribution in [0, 0.1) is 0 Å². The molecule has 1 N–H and O–H groups in total. The van der Waals surface area contributed by atoms with Crippen molar-refractivity contribution in [3.05, 3.63) is 48.8 Å². The molecule has 1 aromatic carbocycles. The lowest BCUT2D eigenvalue weighted by atomic mass is 10.1. The van der Waals surface area contributed by atoms with Gasteiger partial charge >= 0.3 is 0 Å². The number of aromatic nitrogens is 1. The van der Waals surface area contributed by atoms with E-state index in [1.165, 1.54) is 0 Å². The molecule has 1 aromatic heterocycles. The normalized spacial score (nSPS) is 16.9. The maximum atomic E-state index is 10.2. The van der Waals surface area contributed by atoms with Crippen molar-refractivity contribution in [2.45, 2.75) is 6.10 Å². The number of β-amino-alcohol motifs (C(OH)–C–C–N with tert-alkyl or cyclic N) is 1. The van der Waals surface area contributed by atoms with Crippen LogP contribution in [0.4, 0.5) is 0 Å². The van der Waals surface area contributed by atoms with E-state index in [-0.39, 0.29) is 6.61 Å². The molecule has 0 radical (unpaired) electrons. The third-order valence-electron chi connectivity index (χ3n) is 3.88. The summed E-state index contributed by atoms with van der Waals surface area (Å²) in [6, 6.07) is 11.8. The molecular weight excluding hydrogens is 292 g/mol. The van der Waals surface area contributed by atoms with Gasteiger partial charge in [0.15, 0.2) is 0 Å². The van der Waals surface area contributed by atoms with Gasteiger partial charge in [0.25, 0.3) is 0 Å². The zero-order chi connectivity index (χ0) is 15.9. The molecule has 0 bridgehead atoms. The minimum absolute atomic E-state index is 0.277. The average molecular weight is 314 g/mol. The van der Waals surface area contributed by atoms with Crippen molar-refractivity contribution in [1.29, 1.82) is 0 Å². The summed E-state index contributed by atoms with van der Waals surface area (Å²) in [6.07, 6.45) is 3.01. The SMILES string of the molecule is OC(COc1ccccc1-c1ccncc1)CN1CCOCC1. The fourth-order valence-electron chi connectivity index (χ4n) is 2.68. The van der Waals surface area contributed by atoms with Crippen LogP contribution in [-0.4, -0.2) is 60.5 Å². The molecule has 3 rings (SSSR count). The Morgan fingerprint density at radius 2 is 1.87 bits per heavy atom. The highest BCUT2D eigenvalue weighted by Gasteiger charge is 2.16. The molecule has 0 spiro atoms. The fourth-order valence-corrected chi connectivity index (χ4v) is 2.68. The Bertz CT molecular complexity index is 600. The van der Waals surface area contributed by atoms with Gasteiger partial charge in [-0.15, -0.1) is 0 Å². The van der Waals surface area contributed by atoms with Crippen LogP contribution in [0.25, 0.3) is 11.1 Å². The lowest BCUT2D eigenvalue weighted by molar-refractivity contribution is 0.00471. The summed E-state index contributed by atoms with van der Waals surface area (Å²) in [5.74, 6) is 0.778. The molecule has 1 atom stereocenters.